The van der Waals surface area contributed by atoms with Crippen molar-refractivity contribution < 1.29 is 9.53 Å². The number of methoxy groups -OCH3 is 1. The van der Waals surface area contributed by atoms with Crippen molar-refractivity contribution in [3.63, 3.8) is 0 Å². The molecule has 0 radical (unpaired) electrons. The molecular formula is C15H22N2O2. The van der Waals surface area contributed by atoms with E-state index in [1.54, 1.807) is 7.11 Å². The smallest absolute Gasteiger partial charge is 0.253 e. The van der Waals surface area contributed by atoms with Crippen LogP contribution >= 0.6 is 0 Å². The van der Waals surface area contributed by atoms with Crippen molar-refractivity contribution in [1.82, 2.24) is 10.2 Å². The molecule has 1 amide bonds. The van der Waals surface area contributed by atoms with Gasteiger partial charge in [0.25, 0.3) is 5.91 Å². The van der Waals surface area contributed by atoms with E-state index in [1.165, 1.54) is 0 Å². The Morgan fingerprint density at radius 2 is 2.00 bits per heavy atom. The number of hydrogen-bond acceptors (Lipinski definition) is 3. The maximum Gasteiger partial charge on any atom is 0.253 e. The van der Waals surface area contributed by atoms with Crippen LogP contribution in [-0.4, -0.2) is 43.6 Å². The summed E-state index contributed by atoms with van der Waals surface area (Å²) in [7, 11) is 1.66. The lowest BCUT2D eigenvalue weighted by atomic mass is 10.0. The predicted molar refractivity (Wildman–Crippen MR) is 75.8 cm³/mol. The summed E-state index contributed by atoms with van der Waals surface area (Å²) in [6.07, 6.45) is 0. The summed E-state index contributed by atoms with van der Waals surface area (Å²) in [5.41, 5.74) is 2.77. The molecule has 1 fully saturated rings. The highest BCUT2D eigenvalue weighted by Gasteiger charge is 2.22. The van der Waals surface area contributed by atoms with E-state index in [0.29, 0.717) is 6.04 Å². The molecular weight excluding hydrogens is 240 g/mol. The fourth-order valence-corrected chi connectivity index (χ4v) is 2.70. The zero-order valence-corrected chi connectivity index (χ0v) is 12.1. The molecule has 0 spiro atoms. The van der Waals surface area contributed by atoms with Crippen LogP contribution < -0.4 is 10.1 Å². The van der Waals surface area contributed by atoms with Crippen LogP contribution in [0.2, 0.25) is 0 Å². The lowest BCUT2D eigenvalue weighted by molar-refractivity contribution is 0.0709. The molecule has 104 valence electrons. The number of rotatable bonds is 2. The fraction of sp³-hybridized carbons (Fsp3) is 0.533. The molecule has 1 N–H and O–H groups in total. The van der Waals surface area contributed by atoms with Gasteiger partial charge in [0.1, 0.15) is 5.75 Å². The highest BCUT2D eigenvalue weighted by molar-refractivity contribution is 5.95. The first-order valence-corrected chi connectivity index (χ1v) is 6.71. The molecule has 1 aliphatic rings. The zero-order valence-electron chi connectivity index (χ0n) is 12.1. The van der Waals surface area contributed by atoms with Gasteiger partial charge in [0.2, 0.25) is 0 Å². The number of carbonyl (C=O) groups is 1. The molecule has 1 aliphatic heterocycles. The van der Waals surface area contributed by atoms with E-state index in [1.807, 2.05) is 30.9 Å². The first kappa shape index (κ1) is 13.9. The van der Waals surface area contributed by atoms with Crippen LogP contribution in [0.1, 0.15) is 28.4 Å². The molecule has 0 saturated carbocycles. The average Bonchev–Trinajstić information content (AvgIpc) is 2.37. The summed E-state index contributed by atoms with van der Waals surface area (Å²) in [5, 5.41) is 3.35. The van der Waals surface area contributed by atoms with Gasteiger partial charge in [0.15, 0.2) is 0 Å². The van der Waals surface area contributed by atoms with Gasteiger partial charge >= 0.3 is 0 Å². The van der Waals surface area contributed by atoms with Gasteiger partial charge in [-0.3, -0.25) is 4.79 Å². The van der Waals surface area contributed by atoms with Crippen molar-refractivity contribution >= 4 is 5.91 Å². The number of nitrogens with one attached hydrogen (secondary N) is 1. The average molecular weight is 262 g/mol. The van der Waals surface area contributed by atoms with Crippen LogP contribution in [-0.2, 0) is 0 Å². The Balaban J connectivity index is 2.24. The molecule has 1 saturated heterocycles. The molecule has 4 heteroatoms. The van der Waals surface area contributed by atoms with Crippen LogP contribution in [0.4, 0.5) is 0 Å². The van der Waals surface area contributed by atoms with E-state index in [2.05, 4.69) is 12.2 Å². The first-order chi connectivity index (χ1) is 9.02. The van der Waals surface area contributed by atoms with Crippen LogP contribution in [0.25, 0.3) is 0 Å². The van der Waals surface area contributed by atoms with Crippen molar-refractivity contribution in [1.29, 1.82) is 0 Å². The predicted octanol–water partition coefficient (Wildman–Crippen LogP) is 1.75. The molecule has 0 bridgehead atoms. The molecule has 1 atom stereocenters. The minimum Gasteiger partial charge on any atom is -0.496 e. The Morgan fingerprint density at radius 1 is 1.37 bits per heavy atom. The number of nitrogens with zero attached hydrogens (tertiary/aromatic N) is 1. The molecule has 0 aromatic heterocycles. The minimum atomic E-state index is 0.113. The van der Waals surface area contributed by atoms with Gasteiger partial charge in [-0.05, 0) is 44.0 Å². The van der Waals surface area contributed by atoms with Gasteiger partial charge in [-0.2, -0.15) is 0 Å². The highest BCUT2D eigenvalue weighted by Crippen LogP contribution is 2.25. The van der Waals surface area contributed by atoms with E-state index in [-0.39, 0.29) is 5.91 Å². The summed E-state index contributed by atoms with van der Waals surface area (Å²) >= 11 is 0. The summed E-state index contributed by atoms with van der Waals surface area (Å²) in [5.74, 6) is 0.979. The second kappa shape index (κ2) is 5.61. The molecule has 1 aromatic rings. The van der Waals surface area contributed by atoms with Crippen molar-refractivity contribution in [2.24, 2.45) is 0 Å². The number of aryl methyl sites for hydroxylation is 2. The van der Waals surface area contributed by atoms with E-state index >= 15 is 0 Å². The number of carbonyl (C=O) groups excluding carboxylic acids is 1. The lowest BCUT2D eigenvalue weighted by Crippen LogP contribution is -2.51. The van der Waals surface area contributed by atoms with E-state index < -0.39 is 0 Å². The number of benzene rings is 1. The minimum absolute atomic E-state index is 0.113. The van der Waals surface area contributed by atoms with Crippen LogP contribution in [0, 0.1) is 13.8 Å². The summed E-state index contributed by atoms with van der Waals surface area (Å²) in [6, 6.07) is 4.19. The summed E-state index contributed by atoms with van der Waals surface area (Å²) < 4.78 is 5.34. The Morgan fingerprint density at radius 3 is 2.53 bits per heavy atom. The molecule has 1 aromatic carbocycles. The largest absolute Gasteiger partial charge is 0.496 e. The normalized spacial score (nSPS) is 19.4. The Hall–Kier alpha value is -1.55. The second-order valence-corrected chi connectivity index (χ2v) is 5.25. The van der Waals surface area contributed by atoms with Crippen LogP contribution in [0.5, 0.6) is 5.75 Å². The lowest BCUT2D eigenvalue weighted by Gasteiger charge is -2.32. The maximum absolute atomic E-state index is 12.5. The van der Waals surface area contributed by atoms with Crippen molar-refractivity contribution in [3.8, 4) is 5.75 Å². The van der Waals surface area contributed by atoms with Gasteiger partial charge in [-0.1, -0.05) is 0 Å². The van der Waals surface area contributed by atoms with Crippen molar-refractivity contribution in [2.45, 2.75) is 26.8 Å². The maximum atomic E-state index is 12.5. The van der Waals surface area contributed by atoms with Gasteiger partial charge in [0, 0.05) is 31.2 Å². The molecule has 1 heterocycles. The number of hydrogen-bond donors (Lipinski definition) is 1. The van der Waals surface area contributed by atoms with Gasteiger partial charge in [0.05, 0.1) is 7.11 Å². The third kappa shape index (κ3) is 2.89. The summed E-state index contributed by atoms with van der Waals surface area (Å²) in [4.78, 5) is 14.4. The highest BCUT2D eigenvalue weighted by atomic mass is 16.5. The van der Waals surface area contributed by atoms with E-state index in [0.717, 1.165) is 42.1 Å². The Kier molecular flexibility index (Phi) is 4.10. The third-order valence-electron chi connectivity index (χ3n) is 3.57. The zero-order chi connectivity index (χ0) is 14.0. The SMILES string of the molecule is COc1c(C)cc(C(=O)N2CCNC(C)C2)cc1C. The first-order valence-electron chi connectivity index (χ1n) is 6.71. The number of amides is 1. The molecule has 2 rings (SSSR count). The van der Waals surface area contributed by atoms with Crippen molar-refractivity contribution in [3.05, 3.63) is 28.8 Å². The van der Waals surface area contributed by atoms with E-state index in [9.17, 15) is 4.79 Å². The molecule has 19 heavy (non-hydrogen) atoms. The Bertz CT molecular complexity index is 462. The van der Waals surface area contributed by atoms with Crippen molar-refractivity contribution in [2.75, 3.05) is 26.7 Å². The van der Waals surface area contributed by atoms with Gasteiger partial charge in [-0.15, -0.1) is 0 Å². The van der Waals surface area contributed by atoms with Crippen LogP contribution in [0.3, 0.4) is 0 Å². The number of ether oxygens (including phenoxy) is 1. The number of piperazine rings is 1. The topological polar surface area (TPSA) is 41.6 Å². The van der Waals surface area contributed by atoms with Crippen LogP contribution in [0.15, 0.2) is 12.1 Å². The molecule has 4 nitrogen and oxygen atoms in total. The summed E-state index contributed by atoms with van der Waals surface area (Å²) in [6.45, 7) is 8.45. The fourth-order valence-electron chi connectivity index (χ4n) is 2.70. The van der Waals surface area contributed by atoms with Gasteiger partial charge < -0.3 is 15.0 Å². The third-order valence-corrected chi connectivity index (χ3v) is 3.57. The molecule has 1 unspecified atom stereocenters. The standard InChI is InChI=1S/C15H22N2O2/c1-10-7-13(8-11(2)14(10)19-4)15(18)17-6-5-16-12(3)9-17/h7-8,12,16H,5-6,9H2,1-4H3. The quantitative estimate of drug-likeness (QED) is 0.883. The van der Waals surface area contributed by atoms with E-state index in [4.69, 9.17) is 4.74 Å². The Labute approximate surface area is 114 Å². The monoisotopic (exact) mass is 262 g/mol. The molecule has 0 aliphatic carbocycles. The second-order valence-electron chi connectivity index (χ2n) is 5.25. The van der Waals surface area contributed by atoms with Gasteiger partial charge in [-0.25, -0.2) is 0 Å².